The van der Waals surface area contributed by atoms with E-state index in [0.29, 0.717) is 6.04 Å². The van der Waals surface area contributed by atoms with Crippen LogP contribution in [0.2, 0.25) is 0 Å². The molecule has 0 aliphatic rings. The van der Waals surface area contributed by atoms with E-state index in [0.717, 1.165) is 6.54 Å². The molecule has 1 atom stereocenters. The fourth-order valence-electron chi connectivity index (χ4n) is 2.51. The third kappa shape index (κ3) is 4.13. The van der Waals surface area contributed by atoms with Crippen molar-refractivity contribution in [1.29, 1.82) is 0 Å². The lowest BCUT2D eigenvalue weighted by Gasteiger charge is -2.36. The van der Waals surface area contributed by atoms with Crippen molar-refractivity contribution in [1.82, 2.24) is 5.32 Å². The van der Waals surface area contributed by atoms with Crippen molar-refractivity contribution in [3.63, 3.8) is 0 Å². The van der Waals surface area contributed by atoms with Crippen molar-refractivity contribution in [2.24, 2.45) is 0 Å². The summed E-state index contributed by atoms with van der Waals surface area (Å²) in [6, 6.07) is 11.5. The van der Waals surface area contributed by atoms with Crippen molar-refractivity contribution in [3.8, 4) is 0 Å². The van der Waals surface area contributed by atoms with Gasteiger partial charge < -0.3 is 5.32 Å². The summed E-state index contributed by atoms with van der Waals surface area (Å²) in [6.07, 6.45) is 5.04. The summed E-state index contributed by atoms with van der Waals surface area (Å²) in [5.41, 5.74) is 1.64. The van der Waals surface area contributed by atoms with Gasteiger partial charge in [0.1, 0.15) is 0 Å². The predicted molar refractivity (Wildman–Crippen MR) is 81.1 cm³/mol. The zero-order chi connectivity index (χ0) is 13.4. The molecule has 0 heterocycles. The van der Waals surface area contributed by atoms with E-state index in [2.05, 4.69) is 63.3 Å². The highest BCUT2D eigenvalue weighted by Gasteiger charge is 2.29. The Morgan fingerprint density at radius 1 is 1.06 bits per heavy atom. The first kappa shape index (κ1) is 15.2. The quantitative estimate of drug-likeness (QED) is 0.712. The number of nitrogens with one attached hydrogen (secondary N) is 1. The lowest BCUT2D eigenvalue weighted by molar-refractivity contribution is 0.316. The summed E-state index contributed by atoms with van der Waals surface area (Å²) in [6.45, 7) is 10.4. The van der Waals surface area contributed by atoms with Crippen LogP contribution in [0.3, 0.4) is 0 Å². The van der Waals surface area contributed by atoms with Gasteiger partial charge in [-0.25, -0.2) is 0 Å². The number of unbranched alkanes of at least 4 members (excludes halogenated alkanes) is 1. The molecule has 1 aromatic rings. The van der Waals surface area contributed by atoms with Gasteiger partial charge in [0.05, 0.1) is 0 Å². The second-order valence-corrected chi connectivity index (χ2v) is 5.74. The van der Waals surface area contributed by atoms with Gasteiger partial charge in [0.25, 0.3) is 0 Å². The summed E-state index contributed by atoms with van der Waals surface area (Å²) in [4.78, 5) is 0. The Hall–Kier alpha value is -0.820. The van der Waals surface area contributed by atoms with E-state index in [-0.39, 0.29) is 5.41 Å². The van der Waals surface area contributed by atoms with Gasteiger partial charge in [-0.1, -0.05) is 70.9 Å². The van der Waals surface area contributed by atoms with E-state index in [1.807, 2.05) is 0 Å². The zero-order valence-corrected chi connectivity index (χ0v) is 12.5. The smallest absolute Gasteiger partial charge is 0.0159 e. The molecule has 0 aliphatic carbocycles. The van der Waals surface area contributed by atoms with E-state index in [9.17, 15) is 0 Å². The molecule has 102 valence electrons. The third-order valence-electron chi connectivity index (χ3n) is 3.88. The van der Waals surface area contributed by atoms with Crippen LogP contribution in [0.15, 0.2) is 30.3 Å². The predicted octanol–water partition coefficient (Wildman–Crippen LogP) is 4.52. The minimum Gasteiger partial charge on any atom is -0.313 e. The Kier molecular flexibility index (Phi) is 6.42. The number of hydrogen-bond acceptors (Lipinski definition) is 1. The molecule has 0 radical (unpaired) electrons. The van der Waals surface area contributed by atoms with Gasteiger partial charge in [0.15, 0.2) is 0 Å². The number of benzene rings is 1. The van der Waals surface area contributed by atoms with Gasteiger partial charge in [-0.3, -0.25) is 0 Å². The van der Waals surface area contributed by atoms with Gasteiger partial charge in [-0.2, -0.15) is 0 Å². The first-order valence-corrected chi connectivity index (χ1v) is 7.41. The van der Waals surface area contributed by atoms with Crippen molar-refractivity contribution in [2.75, 3.05) is 6.54 Å². The molecular formula is C17H29N. The van der Waals surface area contributed by atoms with Crippen molar-refractivity contribution in [3.05, 3.63) is 35.9 Å². The summed E-state index contributed by atoms with van der Waals surface area (Å²) in [7, 11) is 0. The fourth-order valence-corrected chi connectivity index (χ4v) is 2.51. The Balaban J connectivity index is 2.80. The van der Waals surface area contributed by atoms with E-state index < -0.39 is 0 Å². The average Bonchev–Trinajstić information content (AvgIpc) is 2.39. The monoisotopic (exact) mass is 247 g/mol. The molecule has 1 N–H and O–H groups in total. The minimum atomic E-state index is 0.200. The molecule has 1 rings (SSSR count). The standard InChI is InChI=1S/C17H29N/c1-5-7-13-16(18-14-6-2)17(3,4)15-11-9-8-10-12-15/h8-12,16,18H,5-7,13-14H2,1-4H3. The van der Waals surface area contributed by atoms with Gasteiger partial charge in [-0.15, -0.1) is 0 Å². The summed E-state index contributed by atoms with van der Waals surface area (Å²) in [5, 5.41) is 3.74. The highest BCUT2D eigenvalue weighted by Crippen LogP contribution is 2.29. The Morgan fingerprint density at radius 2 is 1.72 bits per heavy atom. The van der Waals surface area contributed by atoms with E-state index >= 15 is 0 Å². The van der Waals surface area contributed by atoms with Crippen LogP contribution in [0.5, 0.6) is 0 Å². The second-order valence-electron chi connectivity index (χ2n) is 5.74. The van der Waals surface area contributed by atoms with Crippen LogP contribution < -0.4 is 5.32 Å². The first-order valence-electron chi connectivity index (χ1n) is 7.41. The average molecular weight is 247 g/mol. The maximum atomic E-state index is 3.74. The van der Waals surface area contributed by atoms with Crippen LogP contribution in [0.25, 0.3) is 0 Å². The Labute approximate surface area is 113 Å². The first-order chi connectivity index (χ1) is 8.62. The van der Waals surface area contributed by atoms with Crippen LogP contribution in [0, 0.1) is 0 Å². The van der Waals surface area contributed by atoms with Crippen LogP contribution in [-0.2, 0) is 5.41 Å². The SMILES string of the molecule is CCCCC(NCCC)C(C)(C)c1ccccc1. The lowest BCUT2D eigenvalue weighted by Crippen LogP contribution is -2.45. The molecule has 1 aromatic carbocycles. The molecule has 0 fully saturated rings. The van der Waals surface area contributed by atoms with Crippen LogP contribution in [0.1, 0.15) is 58.9 Å². The molecule has 1 nitrogen and oxygen atoms in total. The second kappa shape index (κ2) is 7.58. The number of hydrogen-bond donors (Lipinski definition) is 1. The highest BCUT2D eigenvalue weighted by molar-refractivity contribution is 5.25. The van der Waals surface area contributed by atoms with E-state index in [4.69, 9.17) is 0 Å². The molecular weight excluding hydrogens is 218 g/mol. The van der Waals surface area contributed by atoms with Crippen LogP contribution >= 0.6 is 0 Å². The molecule has 0 saturated heterocycles. The summed E-state index contributed by atoms with van der Waals surface area (Å²) >= 11 is 0. The van der Waals surface area contributed by atoms with E-state index in [1.54, 1.807) is 0 Å². The third-order valence-corrected chi connectivity index (χ3v) is 3.88. The van der Waals surface area contributed by atoms with Gasteiger partial charge in [0, 0.05) is 11.5 Å². The normalized spacial score (nSPS) is 13.6. The summed E-state index contributed by atoms with van der Waals surface area (Å²) < 4.78 is 0. The molecule has 1 unspecified atom stereocenters. The van der Waals surface area contributed by atoms with Crippen molar-refractivity contribution >= 4 is 0 Å². The topological polar surface area (TPSA) is 12.0 Å². The molecule has 0 amide bonds. The molecule has 0 aliphatic heterocycles. The van der Waals surface area contributed by atoms with Crippen molar-refractivity contribution < 1.29 is 0 Å². The fraction of sp³-hybridized carbons (Fsp3) is 0.647. The van der Waals surface area contributed by atoms with E-state index in [1.165, 1.54) is 31.2 Å². The van der Waals surface area contributed by atoms with Gasteiger partial charge in [0.2, 0.25) is 0 Å². The summed E-state index contributed by atoms with van der Waals surface area (Å²) in [5.74, 6) is 0. The molecule has 1 heteroatoms. The van der Waals surface area contributed by atoms with Crippen LogP contribution in [-0.4, -0.2) is 12.6 Å². The molecule has 0 saturated carbocycles. The molecule has 0 bridgehead atoms. The molecule has 18 heavy (non-hydrogen) atoms. The highest BCUT2D eigenvalue weighted by atomic mass is 14.9. The largest absolute Gasteiger partial charge is 0.313 e. The van der Waals surface area contributed by atoms with Crippen LogP contribution in [0.4, 0.5) is 0 Å². The van der Waals surface area contributed by atoms with Crippen molar-refractivity contribution in [2.45, 2.75) is 64.8 Å². The molecule has 0 spiro atoms. The number of rotatable bonds is 8. The minimum absolute atomic E-state index is 0.200. The Morgan fingerprint density at radius 3 is 2.28 bits per heavy atom. The van der Waals surface area contributed by atoms with Gasteiger partial charge >= 0.3 is 0 Å². The zero-order valence-electron chi connectivity index (χ0n) is 12.5. The lowest BCUT2D eigenvalue weighted by atomic mass is 9.76. The maximum Gasteiger partial charge on any atom is 0.0159 e. The molecule has 0 aromatic heterocycles. The maximum absolute atomic E-state index is 3.74. The van der Waals surface area contributed by atoms with Gasteiger partial charge in [-0.05, 0) is 24.9 Å². The Bertz CT molecular complexity index is 308.